The van der Waals surface area contributed by atoms with Gasteiger partial charge in [0, 0.05) is 50.7 Å². The maximum Gasteiger partial charge on any atom is 0.225 e. The molecule has 0 bridgehead atoms. The molecule has 1 fully saturated rings. The SMILES string of the molecule is CCNC(=NCc1c(O)ccc2c1CCCC2)N1CCN(c2ncccn2)CC1.I. The molecule has 0 saturated carbocycles. The van der Waals surface area contributed by atoms with E-state index < -0.39 is 0 Å². The molecule has 162 valence electrons. The van der Waals surface area contributed by atoms with Gasteiger partial charge in [-0.05, 0) is 55.9 Å². The van der Waals surface area contributed by atoms with Crippen LogP contribution in [0.4, 0.5) is 5.95 Å². The first kappa shape index (κ1) is 22.6. The number of aromatic nitrogens is 2. The molecular weight excluding hydrogens is 491 g/mol. The number of anilines is 1. The van der Waals surface area contributed by atoms with Gasteiger partial charge in [0.25, 0.3) is 0 Å². The van der Waals surface area contributed by atoms with Crippen molar-refractivity contribution in [2.24, 2.45) is 4.99 Å². The van der Waals surface area contributed by atoms with Crippen LogP contribution in [-0.2, 0) is 19.4 Å². The predicted octanol–water partition coefficient (Wildman–Crippen LogP) is 2.97. The third kappa shape index (κ3) is 5.14. The summed E-state index contributed by atoms with van der Waals surface area (Å²) in [5.41, 5.74) is 3.68. The van der Waals surface area contributed by atoms with Crippen molar-refractivity contribution < 1.29 is 5.11 Å². The zero-order valence-corrected chi connectivity index (χ0v) is 19.9. The minimum Gasteiger partial charge on any atom is -0.508 e. The predicted molar refractivity (Wildman–Crippen MR) is 131 cm³/mol. The second-order valence-corrected chi connectivity index (χ2v) is 7.60. The Morgan fingerprint density at radius 2 is 1.83 bits per heavy atom. The maximum atomic E-state index is 10.5. The number of nitrogens with one attached hydrogen (secondary N) is 1. The van der Waals surface area contributed by atoms with Gasteiger partial charge in [0.15, 0.2) is 5.96 Å². The van der Waals surface area contributed by atoms with Crippen molar-refractivity contribution in [3.8, 4) is 5.75 Å². The average molecular weight is 522 g/mol. The first-order valence-corrected chi connectivity index (χ1v) is 10.6. The van der Waals surface area contributed by atoms with Gasteiger partial charge in [-0.15, -0.1) is 24.0 Å². The molecule has 4 rings (SSSR count). The molecule has 30 heavy (non-hydrogen) atoms. The van der Waals surface area contributed by atoms with Gasteiger partial charge in [-0.1, -0.05) is 6.07 Å². The number of nitrogens with zero attached hydrogens (tertiary/aromatic N) is 5. The van der Waals surface area contributed by atoms with Crippen molar-refractivity contribution in [1.82, 2.24) is 20.2 Å². The molecule has 1 aliphatic carbocycles. The maximum absolute atomic E-state index is 10.5. The Bertz CT molecular complexity index is 852. The summed E-state index contributed by atoms with van der Waals surface area (Å²) in [5, 5.41) is 13.9. The Morgan fingerprint density at radius 3 is 2.57 bits per heavy atom. The lowest BCUT2D eigenvalue weighted by Crippen LogP contribution is -2.53. The Kier molecular flexibility index (Phi) is 8.12. The van der Waals surface area contributed by atoms with E-state index >= 15 is 0 Å². The van der Waals surface area contributed by atoms with Crippen LogP contribution >= 0.6 is 24.0 Å². The lowest BCUT2D eigenvalue weighted by atomic mass is 9.88. The number of hydrogen-bond donors (Lipinski definition) is 2. The second-order valence-electron chi connectivity index (χ2n) is 7.60. The minimum absolute atomic E-state index is 0. The number of fused-ring (bicyclic) bond motifs is 1. The lowest BCUT2D eigenvalue weighted by molar-refractivity contribution is 0.370. The van der Waals surface area contributed by atoms with Gasteiger partial charge in [0.2, 0.25) is 5.95 Å². The van der Waals surface area contributed by atoms with Crippen molar-refractivity contribution in [1.29, 1.82) is 0 Å². The van der Waals surface area contributed by atoms with Crippen LogP contribution < -0.4 is 10.2 Å². The van der Waals surface area contributed by atoms with E-state index in [9.17, 15) is 5.11 Å². The summed E-state index contributed by atoms with van der Waals surface area (Å²) in [7, 11) is 0. The molecule has 0 unspecified atom stereocenters. The molecule has 7 nitrogen and oxygen atoms in total. The van der Waals surface area contributed by atoms with E-state index in [1.54, 1.807) is 12.4 Å². The highest BCUT2D eigenvalue weighted by Crippen LogP contribution is 2.31. The van der Waals surface area contributed by atoms with E-state index in [4.69, 9.17) is 4.99 Å². The van der Waals surface area contributed by atoms with Crippen LogP contribution in [0.2, 0.25) is 0 Å². The summed E-state index contributed by atoms with van der Waals surface area (Å²) in [6.07, 6.45) is 8.15. The number of aliphatic imine (C=N–C) groups is 1. The van der Waals surface area contributed by atoms with Gasteiger partial charge in [-0.25, -0.2) is 15.0 Å². The zero-order chi connectivity index (χ0) is 20.1. The number of aromatic hydroxyl groups is 1. The number of benzene rings is 1. The van der Waals surface area contributed by atoms with E-state index in [1.807, 2.05) is 12.1 Å². The molecule has 0 amide bonds. The Morgan fingerprint density at radius 1 is 1.10 bits per heavy atom. The lowest BCUT2D eigenvalue weighted by Gasteiger charge is -2.36. The number of phenols is 1. The molecule has 2 aromatic rings. The topological polar surface area (TPSA) is 76.9 Å². The molecule has 2 N–H and O–H groups in total. The largest absolute Gasteiger partial charge is 0.508 e. The normalized spacial score (nSPS) is 16.6. The molecule has 0 atom stereocenters. The van der Waals surface area contributed by atoms with Crippen LogP contribution in [0.25, 0.3) is 0 Å². The second kappa shape index (κ2) is 10.8. The van der Waals surface area contributed by atoms with E-state index in [2.05, 4.69) is 38.1 Å². The highest BCUT2D eigenvalue weighted by Gasteiger charge is 2.22. The number of piperazine rings is 1. The van der Waals surface area contributed by atoms with Gasteiger partial charge in [-0.3, -0.25) is 0 Å². The molecule has 2 aliphatic rings. The highest BCUT2D eigenvalue weighted by atomic mass is 127. The average Bonchev–Trinajstić information content (AvgIpc) is 2.78. The van der Waals surface area contributed by atoms with Gasteiger partial charge in [0.1, 0.15) is 5.75 Å². The van der Waals surface area contributed by atoms with Gasteiger partial charge < -0.3 is 20.2 Å². The summed E-state index contributed by atoms with van der Waals surface area (Å²) in [4.78, 5) is 18.1. The molecule has 0 spiro atoms. The standard InChI is InChI=1S/C22H30N6O.HI/c1-2-23-21(27-12-14-28(15-13-27)22-24-10-5-11-25-22)26-16-19-18-7-4-3-6-17(18)8-9-20(19)29;/h5,8-11,29H,2-4,6-7,12-16H2,1H3,(H,23,26);1H. The van der Waals surface area contributed by atoms with E-state index in [-0.39, 0.29) is 24.0 Å². The van der Waals surface area contributed by atoms with Gasteiger partial charge in [-0.2, -0.15) is 0 Å². The van der Waals surface area contributed by atoms with Crippen LogP contribution in [0, 0.1) is 0 Å². The number of halogens is 1. The fourth-order valence-corrected chi connectivity index (χ4v) is 4.22. The van der Waals surface area contributed by atoms with Crippen molar-refractivity contribution in [3.05, 3.63) is 47.3 Å². The van der Waals surface area contributed by atoms with Crippen molar-refractivity contribution in [2.45, 2.75) is 39.2 Å². The third-order valence-electron chi connectivity index (χ3n) is 5.76. The number of hydrogen-bond acceptors (Lipinski definition) is 5. The first-order chi connectivity index (χ1) is 14.3. The van der Waals surface area contributed by atoms with Crippen molar-refractivity contribution in [2.75, 3.05) is 37.6 Å². The van der Waals surface area contributed by atoms with E-state index in [1.165, 1.54) is 24.0 Å². The Balaban J connectivity index is 0.00000256. The van der Waals surface area contributed by atoms with Crippen LogP contribution in [0.5, 0.6) is 5.75 Å². The number of guanidine groups is 1. The van der Waals surface area contributed by atoms with E-state index in [0.717, 1.165) is 63.0 Å². The zero-order valence-electron chi connectivity index (χ0n) is 17.5. The molecular formula is C22H31IN6O. The van der Waals surface area contributed by atoms with Crippen molar-refractivity contribution >= 4 is 35.9 Å². The molecule has 1 aromatic heterocycles. The fourth-order valence-electron chi connectivity index (χ4n) is 4.22. The third-order valence-corrected chi connectivity index (χ3v) is 5.76. The molecule has 1 aliphatic heterocycles. The summed E-state index contributed by atoms with van der Waals surface area (Å²) >= 11 is 0. The van der Waals surface area contributed by atoms with Crippen molar-refractivity contribution in [3.63, 3.8) is 0 Å². The monoisotopic (exact) mass is 522 g/mol. The van der Waals surface area contributed by atoms with Gasteiger partial charge >= 0.3 is 0 Å². The quantitative estimate of drug-likeness (QED) is 0.366. The number of phenolic OH excluding ortho intramolecular Hbond substituents is 1. The first-order valence-electron chi connectivity index (χ1n) is 10.6. The minimum atomic E-state index is 0. The Hall–Kier alpha value is -2.10. The van der Waals surface area contributed by atoms with Crippen LogP contribution in [-0.4, -0.2) is 58.7 Å². The molecule has 1 aromatic carbocycles. The molecule has 1 saturated heterocycles. The van der Waals surface area contributed by atoms with Crippen LogP contribution in [0.1, 0.15) is 36.5 Å². The summed E-state index contributed by atoms with van der Waals surface area (Å²) in [6.45, 7) is 6.87. The molecule has 0 radical (unpaired) electrons. The highest BCUT2D eigenvalue weighted by molar-refractivity contribution is 14.0. The molecule has 2 heterocycles. The fraction of sp³-hybridized carbons (Fsp3) is 0.500. The number of rotatable bonds is 4. The van der Waals surface area contributed by atoms with E-state index in [0.29, 0.717) is 12.3 Å². The number of aryl methyl sites for hydroxylation is 1. The molecule has 8 heteroatoms. The summed E-state index contributed by atoms with van der Waals surface area (Å²) in [6, 6.07) is 5.75. The summed E-state index contributed by atoms with van der Waals surface area (Å²) in [5.74, 6) is 2.07. The Labute approximate surface area is 195 Å². The summed E-state index contributed by atoms with van der Waals surface area (Å²) < 4.78 is 0. The van der Waals surface area contributed by atoms with Crippen LogP contribution in [0.3, 0.4) is 0 Å². The van der Waals surface area contributed by atoms with Gasteiger partial charge in [0.05, 0.1) is 6.54 Å². The van der Waals surface area contributed by atoms with Crippen LogP contribution in [0.15, 0.2) is 35.6 Å². The smallest absolute Gasteiger partial charge is 0.225 e.